The van der Waals surface area contributed by atoms with E-state index >= 15 is 0 Å². The highest BCUT2D eigenvalue weighted by Gasteiger charge is 2.16. The van der Waals surface area contributed by atoms with E-state index in [1.165, 1.54) is 22.0 Å². The first-order valence-electron chi connectivity index (χ1n) is 10.5. The Kier molecular flexibility index (Phi) is 6.79. The van der Waals surface area contributed by atoms with Crippen LogP contribution in [0.2, 0.25) is 0 Å². The highest BCUT2D eigenvalue weighted by molar-refractivity contribution is 5.83. The van der Waals surface area contributed by atoms with Gasteiger partial charge in [-0.1, -0.05) is 37.3 Å². The summed E-state index contributed by atoms with van der Waals surface area (Å²) in [6.45, 7) is 12.9. The third kappa shape index (κ3) is 4.77. The molecule has 0 spiro atoms. The van der Waals surface area contributed by atoms with E-state index in [0.29, 0.717) is 24.6 Å². The van der Waals surface area contributed by atoms with Crippen LogP contribution in [0.25, 0.3) is 10.9 Å². The van der Waals surface area contributed by atoms with Gasteiger partial charge < -0.3 is 9.72 Å². The second-order valence-corrected chi connectivity index (χ2v) is 8.27. The molecule has 0 amide bonds. The van der Waals surface area contributed by atoms with Gasteiger partial charge in [0.2, 0.25) is 0 Å². The number of H-pyrrole nitrogens is 1. The monoisotopic (exact) mass is 378 g/mol. The third-order valence-corrected chi connectivity index (χ3v) is 5.59. The van der Waals surface area contributed by atoms with E-state index < -0.39 is 0 Å². The molecule has 1 unspecified atom stereocenters. The highest BCUT2D eigenvalue weighted by Crippen LogP contribution is 2.31. The van der Waals surface area contributed by atoms with Crippen molar-refractivity contribution in [2.75, 3.05) is 13.2 Å². The maximum Gasteiger partial charge on any atom is 0.122 e. The van der Waals surface area contributed by atoms with Crippen molar-refractivity contribution in [2.24, 2.45) is 0 Å². The number of nitrogens with zero attached hydrogens (tertiary/aromatic N) is 1. The summed E-state index contributed by atoms with van der Waals surface area (Å²) in [4.78, 5) is 5.78. The minimum Gasteiger partial charge on any atom is -0.492 e. The fraction of sp³-hybridized carbons (Fsp3) is 0.440. The Bertz CT molecular complexity index is 873. The Hall–Kier alpha value is -2.26. The van der Waals surface area contributed by atoms with Gasteiger partial charge in [0, 0.05) is 35.7 Å². The lowest BCUT2D eigenvalue weighted by Crippen LogP contribution is -2.39. The zero-order valence-corrected chi connectivity index (χ0v) is 17.9. The van der Waals surface area contributed by atoms with Gasteiger partial charge in [-0.25, -0.2) is 0 Å². The zero-order valence-electron chi connectivity index (χ0n) is 17.9. The first-order valence-corrected chi connectivity index (χ1v) is 10.5. The van der Waals surface area contributed by atoms with E-state index in [2.05, 4.69) is 93.0 Å². The van der Waals surface area contributed by atoms with Gasteiger partial charge in [0.1, 0.15) is 12.4 Å². The van der Waals surface area contributed by atoms with Crippen molar-refractivity contribution in [1.29, 1.82) is 0 Å². The van der Waals surface area contributed by atoms with Crippen LogP contribution in [0.15, 0.2) is 54.7 Å². The Morgan fingerprint density at radius 2 is 1.64 bits per heavy atom. The fourth-order valence-electron chi connectivity index (χ4n) is 4.16. The molecular formula is C25H34N2O. The van der Waals surface area contributed by atoms with Gasteiger partial charge in [-0.15, -0.1) is 0 Å². The van der Waals surface area contributed by atoms with Gasteiger partial charge in [-0.2, -0.15) is 0 Å². The Balaban J connectivity index is 1.70. The summed E-state index contributed by atoms with van der Waals surface area (Å²) in [6.07, 6.45) is 3.02. The molecule has 0 aliphatic carbocycles. The molecule has 3 heteroatoms. The standard InChI is InChI=1S/C25H34N2O/c1-18(2)27(19(3)4)15-16-28-25-12-7-6-10-22(25)20(5)17-21-9-8-11-24-23(21)13-14-26-24/h6-14,18-20,26H,15-17H2,1-5H3. The number of hydrogen-bond donors (Lipinski definition) is 1. The van der Waals surface area contributed by atoms with Crippen molar-refractivity contribution in [1.82, 2.24) is 9.88 Å². The average molecular weight is 379 g/mol. The molecule has 1 aromatic heterocycles. The molecule has 1 atom stereocenters. The maximum atomic E-state index is 6.25. The number of aromatic nitrogens is 1. The summed E-state index contributed by atoms with van der Waals surface area (Å²) in [6, 6.07) is 18.2. The number of ether oxygens (including phenoxy) is 1. The SMILES string of the molecule is CC(Cc1cccc2[nH]ccc12)c1ccccc1OCCN(C(C)C)C(C)C. The van der Waals surface area contributed by atoms with Crippen LogP contribution in [0.4, 0.5) is 0 Å². The summed E-state index contributed by atoms with van der Waals surface area (Å²) >= 11 is 0. The lowest BCUT2D eigenvalue weighted by atomic mass is 9.91. The Morgan fingerprint density at radius 3 is 2.39 bits per heavy atom. The van der Waals surface area contributed by atoms with E-state index in [-0.39, 0.29) is 0 Å². The van der Waals surface area contributed by atoms with Gasteiger partial charge in [0.05, 0.1) is 0 Å². The minimum absolute atomic E-state index is 0.392. The van der Waals surface area contributed by atoms with Gasteiger partial charge >= 0.3 is 0 Å². The quantitative estimate of drug-likeness (QED) is 0.494. The predicted molar refractivity (Wildman–Crippen MR) is 119 cm³/mol. The zero-order chi connectivity index (χ0) is 20.1. The first kappa shape index (κ1) is 20.5. The molecule has 1 heterocycles. The highest BCUT2D eigenvalue weighted by atomic mass is 16.5. The van der Waals surface area contributed by atoms with Gasteiger partial charge in [0.25, 0.3) is 0 Å². The molecule has 0 saturated heterocycles. The molecule has 3 rings (SSSR count). The summed E-state index contributed by atoms with van der Waals surface area (Å²) in [5.74, 6) is 1.41. The molecule has 0 bridgehead atoms. The molecule has 3 aromatic rings. The van der Waals surface area contributed by atoms with E-state index in [4.69, 9.17) is 4.74 Å². The van der Waals surface area contributed by atoms with Crippen LogP contribution in [0.3, 0.4) is 0 Å². The van der Waals surface area contributed by atoms with Crippen LogP contribution in [0.5, 0.6) is 5.75 Å². The molecule has 0 saturated carbocycles. The van der Waals surface area contributed by atoms with Crippen molar-refractivity contribution in [3.05, 3.63) is 65.9 Å². The predicted octanol–water partition coefficient (Wildman–Crippen LogP) is 6.01. The number of fused-ring (bicyclic) bond motifs is 1. The van der Waals surface area contributed by atoms with Crippen LogP contribution in [0.1, 0.15) is 51.7 Å². The van der Waals surface area contributed by atoms with Crippen LogP contribution in [0, 0.1) is 0 Å². The van der Waals surface area contributed by atoms with Gasteiger partial charge in [-0.05, 0) is 69.4 Å². The molecule has 3 nitrogen and oxygen atoms in total. The van der Waals surface area contributed by atoms with E-state index in [1.807, 2.05) is 6.20 Å². The first-order chi connectivity index (χ1) is 13.5. The van der Waals surface area contributed by atoms with Gasteiger partial charge in [0.15, 0.2) is 0 Å². The fourth-order valence-corrected chi connectivity index (χ4v) is 4.16. The van der Waals surface area contributed by atoms with E-state index in [0.717, 1.165) is 18.7 Å². The smallest absolute Gasteiger partial charge is 0.122 e. The van der Waals surface area contributed by atoms with Crippen molar-refractivity contribution >= 4 is 10.9 Å². The van der Waals surface area contributed by atoms with Gasteiger partial charge in [-0.3, -0.25) is 4.90 Å². The summed E-state index contributed by atoms with van der Waals surface area (Å²) in [5.41, 5.74) is 3.87. The van der Waals surface area contributed by atoms with E-state index in [1.54, 1.807) is 0 Å². The minimum atomic E-state index is 0.392. The second kappa shape index (κ2) is 9.29. The van der Waals surface area contributed by atoms with Crippen molar-refractivity contribution in [2.45, 2.75) is 59.0 Å². The number of hydrogen-bond acceptors (Lipinski definition) is 2. The number of benzene rings is 2. The lowest BCUT2D eigenvalue weighted by molar-refractivity contribution is 0.141. The molecule has 28 heavy (non-hydrogen) atoms. The van der Waals surface area contributed by atoms with Crippen molar-refractivity contribution in [3.8, 4) is 5.75 Å². The molecule has 0 aliphatic heterocycles. The van der Waals surface area contributed by atoms with Crippen LogP contribution in [-0.2, 0) is 6.42 Å². The maximum absolute atomic E-state index is 6.25. The van der Waals surface area contributed by atoms with E-state index in [9.17, 15) is 0 Å². The van der Waals surface area contributed by atoms with Crippen LogP contribution >= 0.6 is 0 Å². The molecule has 0 aliphatic rings. The molecular weight excluding hydrogens is 344 g/mol. The molecule has 150 valence electrons. The Morgan fingerprint density at radius 1 is 0.893 bits per heavy atom. The molecule has 1 N–H and O–H groups in total. The number of rotatable bonds is 9. The van der Waals surface area contributed by atoms with Crippen LogP contribution < -0.4 is 4.74 Å². The average Bonchev–Trinajstić information content (AvgIpc) is 3.14. The summed E-state index contributed by atoms with van der Waals surface area (Å²) in [7, 11) is 0. The van der Waals surface area contributed by atoms with Crippen LogP contribution in [-0.4, -0.2) is 35.1 Å². The molecule has 0 fully saturated rings. The number of aromatic amines is 1. The third-order valence-electron chi connectivity index (χ3n) is 5.59. The number of nitrogens with one attached hydrogen (secondary N) is 1. The molecule has 0 radical (unpaired) electrons. The second-order valence-electron chi connectivity index (χ2n) is 8.27. The Labute approximate surface area is 169 Å². The molecule has 2 aromatic carbocycles. The summed E-state index contributed by atoms with van der Waals surface area (Å²) < 4.78 is 6.25. The number of para-hydroxylation sites is 1. The topological polar surface area (TPSA) is 28.3 Å². The largest absolute Gasteiger partial charge is 0.492 e. The normalized spacial score (nSPS) is 13.0. The lowest BCUT2D eigenvalue weighted by Gasteiger charge is -2.30. The van der Waals surface area contributed by atoms with Crippen molar-refractivity contribution < 1.29 is 4.74 Å². The van der Waals surface area contributed by atoms with Crippen molar-refractivity contribution in [3.63, 3.8) is 0 Å². The summed E-state index contributed by atoms with van der Waals surface area (Å²) in [5, 5.41) is 1.32.